The van der Waals surface area contributed by atoms with Crippen molar-refractivity contribution in [1.29, 1.82) is 0 Å². The van der Waals surface area contributed by atoms with Crippen LogP contribution >= 0.6 is 0 Å². The minimum absolute atomic E-state index is 0.218. The van der Waals surface area contributed by atoms with Crippen molar-refractivity contribution in [3.8, 4) is 0 Å². The lowest BCUT2D eigenvalue weighted by molar-refractivity contribution is -0.149. The minimum atomic E-state index is -1.39. The number of carbonyl (C=O) groups is 2. The third-order valence-electron chi connectivity index (χ3n) is 2.66. The van der Waals surface area contributed by atoms with Crippen molar-refractivity contribution in [1.82, 2.24) is 15.3 Å². The van der Waals surface area contributed by atoms with Crippen molar-refractivity contribution < 1.29 is 19.4 Å². The number of hydrogen-bond acceptors (Lipinski definition) is 6. The number of aliphatic hydroxyl groups excluding tert-OH is 1. The summed E-state index contributed by atoms with van der Waals surface area (Å²) in [5.74, 6) is -1.21. The maximum Gasteiger partial charge on any atom is 0.336 e. The van der Waals surface area contributed by atoms with Gasteiger partial charge < -0.3 is 15.2 Å². The molecule has 0 spiro atoms. The third-order valence-corrected chi connectivity index (χ3v) is 2.66. The van der Waals surface area contributed by atoms with Crippen molar-refractivity contribution in [3.05, 3.63) is 36.2 Å². The molecule has 0 saturated heterocycles. The monoisotopic (exact) mass is 275 g/mol. The molecule has 1 aromatic heterocycles. The predicted molar refractivity (Wildman–Crippen MR) is 69.9 cm³/mol. The number of methoxy groups -OCH3 is 1. The number of nitrogens with one attached hydrogen (secondary N) is 1. The smallest absolute Gasteiger partial charge is 0.336 e. The number of hydrogen-bond donors (Lipinski definition) is 2. The van der Waals surface area contributed by atoms with Crippen LogP contribution < -0.4 is 5.32 Å². The summed E-state index contributed by atoms with van der Waals surface area (Å²) in [5.41, 5.74) is 1.64. The number of benzene rings is 1. The second-order valence-electron chi connectivity index (χ2n) is 4.01. The molecule has 0 aliphatic carbocycles. The van der Waals surface area contributed by atoms with Crippen LogP contribution in [0.25, 0.3) is 11.0 Å². The Kier molecular flexibility index (Phi) is 4.21. The largest absolute Gasteiger partial charge is 0.467 e. The van der Waals surface area contributed by atoms with Crippen molar-refractivity contribution in [2.45, 2.75) is 6.10 Å². The molecule has 7 heteroatoms. The Morgan fingerprint density at radius 3 is 2.70 bits per heavy atom. The molecule has 7 nitrogen and oxygen atoms in total. The van der Waals surface area contributed by atoms with Crippen LogP contribution in [-0.4, -0.2) is 46.7 Å². The van der Waals surface area contributed by atoms with E-state index in [-0.39, 0.29) is 6.54 Å². The molecule has 20 heavy (non-hydrogen) atoms. The quantitative estimate of drug-likeness (QED) is 0.755. The molecule has 1 heterocycles. The maximum atomic E-state index is 11.9. The summed E-state index contributed by atoms with van der Waals surface area (Å²) in [6.45, 7) is -0.218. The van der Waals surface area contributed by atoms with Gasteiger partial charge in [-0.05, 0) is 18.2 Å². The van der Waals surface area contributed by atoms with Gasteiger partial charge in [-0.3, -0.25) is 14.8 Å². The highest BCUT2D eigenvalue weighted by Gasteiger charge is 2.16. The van der Waals surface area contributed by atoms with Gasteiger partial charge >= 0.3 is 5.97 Å². The first-order valence-corrected chi connectivity index (χ1v) is 5.86. The van der Waals surface area contributed by atoms with Crippen LogP contribution in [0.15, 0.2) is 30.6 Å². The zero-order valence-corrected chi connectivity index (χ0v) is 10.7. The number of carbonyl (C=O) groups excluding carboxylic acids is 2. The first-order valence-electron chi connectivity index (χ1n) is 5.86. The van der Waals surface area contributed by atoms with Gasteiger partial charge in [-0.1, -0.05) is 0 Å². The van der Waals surface area contributed by atoms with Gasteiger partial charge in [0, 0.05) is 18.0 Å². The number of aromatic nitrogens is 2. The zero-order valence-electron chi connectivity index (χ0n) is 10.7. The van der Waals surface area contributed by atoms with Gasteiger partial charge in [0.25, 0.3) is 5.91 Å². The summed E-state index contributed by atoms with van der Waals surface area (Å²) in [5, 5.41) is 11.8. The lowest BCUT2D eigenvalue weighted by Crippen LogP contribution is -2.37. The average Bonchev–Trinajstić information content (AvgIpc) is 2.50. The molecular formula is C13H13N3O4. The van der Waals surface area contributed by atoms with Gasteiger partial charge in [-0.15, -0.1) is 0 Å². The summed E-state index contributed by atoms with van der Waals surface area (Å²) in [4.78, 5) is 31.1. The van der Waals surface area contributed by atoms with Crippen molar-refractivity contribution in [2.75, 3.05) is 13.7 Å². The van der Waals surface area contributed by atoms with Gasteiger partial charge in [-0.2, -0.15) is 0 Å². The number of ether oxygens (including phenoxy) is 1. The zero-order chi connectivity index (χ0) is 14.5. The summed E-state index contributed by atoms with van der Waals surface area (Å²) >= 11 is 0. The highest BCUT2D eigenvalue weighted by molar-refractivity contribution is 5.97. The number of aliphatic hydroxyl groups is 1. The van der Waals surface area contributed by atoms with Crippen LogP contribution in [0, 0.1) is 0 Å². The number of esters is 1. The fourth-order valence-electron chi connectivity index (χ4n) is 1.62. The Labute approximate surface area is 114 Å². The first kappa shape index (κ1) is 13.9. The highest BCUT2D eigenvalue weighted by Crippen LogP contribution is 2.10. The standard InChI is InChI=1S/C13H13N3O4/c1-20-13(19)11(17)7-16-12(18)8-2-3-9-10(6-8)15-5-4-14-9/h2-6,11,17H,7H2,1H3,(H,16,18). The van der Waals surface area contributed by atoms with Gasteiger partial charge in [0.2, 0.25) is 0 Å². The molecule has 0 radical (unpaired) electrons. The molecular weight excluding hydrogens is 262 g/mol. The maximum absolute atomic E-state index is 11.9. The SMILES string of the molecule is COC(=O)C(O)CNC(=O)c1ccc2nccnc2c1. The van der Waals surface area contributed by atoms with Crippen LogP contribution in [0.4, 0.5) is 0 Å². The van der Waals surface area contributed by atoms with E-state index in [2.05, 4.69) is 20.0 Å². The summed E-state index contributed by atoms with van der Waals surface area (Å²) < 4.78 is 4.35. The van der Waals surface area contributed by atoms with E-state index in [1.54, 1.807) is 24.4 Å². The van der Waals surface area contributed by atoms with Gasteiger partial charge in [-0.25, -0.2) is 4.79 Å². The van der Waals surface area contributed by atoms with Crippen LogP contribution in [0.5, 0.6) is 0 Å². The second kappa shape index (κ2) is 6.07. The van der Waals surface area contributed by atoms with Crippen LogP contribution in [-0.2, 0) is 9.53 Å². The normalized spacial score (nSPS) is 11.9. The lowest BCUT2D eigenvalue weighted by Gasteiger charge is -2.09. The number of nitrogens with zero attached hydrogens (tertiary/aromatic N) is 2. The van der Waals surface area contributed by atoms with E-state index < -0.39 is 18.0 Å². The number of amides is 1. The van der Waals surface area contributed by atoms with Crippen LogP contribution in [0.3, 0.4) is 0 Å². The Morgan fingerprint density at radius 1 is 1.30 bits per heavy atom. The van der Waals surface area contributed by atoms with E-state index >= 15 is 0 Å². The van der Waals surface area contributed by atoms with Crippen LogP contribution in [0.2, 0.25) is 0 Å². The van der Waals surface area contributed by atoms with Crippen LogP contribution in [0.1, 0.15) is 10.4 Å². The van der Waals surface area contributed by atoms with Gasteiger partial charge in [0.15, 0.2) is 6.10 Å². The molecule has 2 rings (SSSR count). The van der Waals surface area contributed by atoms with Crippen molar-refractivity contribution >= 4 is 22.9 Å². The molecule has 2 aromatic rings. The Bertz CT molecular complexity index is 644. The Morgan fingerprint density at radius 2 is 2.00 bits per heavy atom. The molecule has 1 unspecified atom stereocenters. The lowest BCUT2D eigenvalue weighted by atomic mass is 10.2. The van der Waals surface area contributed by atoms with E-state index in [0.717, 1.165) is 7.11 Å². The predicted octanol–water partition coefficient (Wildman–Crippen LogP) is -0.107. The fraction of sp³-hybridized carbons (Fsp3) is 0.231. The molecule has 2 N–H and O–H groups in total. The molecule has 0 fully saturated rings. The minimum Gasteiger partial charge on any atom is -0.467 e. The van der Waals surface area contributed by atoms with E-state index in [9.17, 15) is 14.7 Å². The van der Waals surface area contributed by atoms with Gasteiger partial charge in [0.1, 0.15) is 0 Å². The number of fused-ring (bicyclic) bond motifs is 1. The summed E-state index contributed by atoms with van der Waals surface area (Å²) in [7, 11) is 1.16. The average molecular weight is 275 g/mol. The Balaban J connectivity index is 2.06. The molecule has 0 aliphatic rings. The first-order chi connectivity index (χ1) is 9.61. The third kappa shape index (κ3) is 3.07. The molecule has 1 aromatic carbocycles. The van der Waals surface area contributed by atoms with E-state index in [0.29, 0.717) is 16.6 Å². The van der Waals surface area contributed by atoms with E-state index in [1.165, 1.54) is 6.20 Å². The molecule has 104 valence electrons. The Hall–Kier alpha value is -2.54. The molecule has 0 bridgehead atoms. The highest BCUT2D eigenvalue weighted by atomic mass is 16.5. The van der Waals surface area contributed by atoms with Gasteiger partial charge in [0.05, 0.1) is 24.7 Å². The summed E-state index contributed by atoms with van der Waals surface area (Å²) in [6, 6.07) is 4.85. The summed E-state index contributed by atoms with van der Waals surface area (Å²) in [6.07, 6.45) is 1.71. The molecule has 1 atom stereocenters. The fourth-order valence-corrected chi connectivity index (χ4v) is 1.62. The number of rotatable bonds is 4. The molecule has 1 amide bonds. The second-order valence-corrected chi connectivity index (χ2v) is 4.01. The van der Waals surface area contributed by atoms with E-state index in [1.807, 2.05) is 0 Å². The topological polar surface area (TPSA) is 101 Å². The van der Waals surface area contributed by atoms with Crippen molar-refractivity contribution in [3.63, 3.8) is 0 Å². The van der Waals surface area contributed by atoms with Crippen molar-refractivity contribution in [2.24, 2.45) is 0 Å². The van der Waals surface area contributed by atoms with E-state index in [4.69, 9.17) is 0 Å². The molecule has 0 aliphatic heterocycles. The molecule has 0 saturated carbocycles.